The monoisotopic (exact) mass is 255 g/mol. The molecular formula is C7H5BrF3NO. The van der Waals surface area contributed by atoms with Crippen molar-refractivity contribution in [3.8, 4) is 0 Å². The molecule has 0 saturated carbocycles. The Hall–Kier alpha value is -0.620. The first kappa shape index (κ1) is 10.5. The molecule has 0 aliphatic heterocycles. The molecule has 0 spiro atoms. The third kappa shape index (κ3) is 2.00. The minimum atomic E-state index is -2.93. The van der Waals surface area contributed by atoms with Crippen molar-refractivity contribution in [2.75, 3.05) is 0 Å². The Labute approximate surface area is 80.5 Å². The molecule has 1 aromatic rings. The lowest BCUT2D eigenvalue weighted by molar-refractivity contribution is 0.144. The number of aliphatic hydroxyl groups is 1. The number of halogens is 4. The number of aromatic nitrogens is 1. The second kappa shape index (κ2) is 4.06. The van der Waals surface area contributed by atoms with E-state index in [4.69, 9.17) is 5.11 Å². The Morgan fingerprint density at radius 1 is 1.54 bits per heavy atom. The highest BCUT2D eigenvalue weighted by molar-refractivity contribution is 9.10. The van der Waals surface area contributed by atoms with Crippen molar-refractivity contribution in [2.45, 2.75) is 13.0 Å². The summed E-state index contributed by atoms with van der Waals surface area (Å²) in [4.78, 5) is 3.43. The number of alkyl halides is 2. The number of rotatable bonds is 2. The van der Waals surface area contributed by atoms with Crippen LogP contribution in [0.5, 0.6) is 0 Å². The van der Waals surface area contributed by atoms with Gasteiger partial charge >= 0.3 is 0 Å². The molecule has 72 valence electrons. The van der Waals surface area contributed by atoms with Crippen LogP contribution in [0.3, 0.4) is 0 Å². The number of pyridine rings is 1. The summed E-state index contributed by atoms with van der Waals surface area (Å²) in [6, 6.07) is 0. The van der Waals surface area contributed by atoms with Gasteiger partial charge in [-0.25, -0.2) is 13.2 Å². The average molecular weight is 256 g/mol. The van der Waals surface area contributed by atoms with Crippen LogP contribution < -0.4 is 0 Å². The maximum atomic E-state index is 12.8. The lowest BCUT2D eigenvalue weighted by Crippen LogP contribution is -2.00. The SMILES string of the molecule is OCc1ncc(F)c(C(F)F)c1Br. The molecule has 0 unspecified atom stereocenters. The summed E-state index contributed by atoms with van der Waals surface area (Å²) in [6.45, 7) is -0.513. The van der Waals surface area contributed by atoms with E-state index in [0.717, 1.165) is 0 Å². The maximum Gasteiger partial charge on any atom is 0.267 e. The molecule has 0 aliphatic carbocycles. The van der Waals surface area contributed by atoms with E-state index in [0.29, 0.717) is 6.20 Å². The van der Waals surface area contributed by atoms with Crippen molar-refractivity contribution >= 4 is 15.9 Å². The average Bonchev–Trinajstić information content (AvgIpc) is 2.04. The molecule has 0 saturated heterocycles. The summed E-state index contributed by atoms with van der Waals surface area (Å²) in [6.07, 6.45) is -2.26. The van der Waals surface area contributed by atoms with Gasteiger partial charge < -0.3 is 5.11 Å². The molecule has 1 heterocycles. The zero-order valence-electron chi connectivity index (χ0n) is 6.27. The highest BCUT2D eigenvalue weighted by atomic mass is 79.9. The van der Waals surface area contributed by atoms with Crippen LogP contribution in [-0.2, 0) is 6.61 Å². The first-order valence-corrected chi connectivity index (χ1v) is 4.09. The summed E-state index contributed by atoms with van der Waals surface area (Å²) in [5.41, 5.74) is -0.768. The van der Waals surface area contributed by atoms with Crippen molar-refractivity contribution in [3.63, 3.8) is 0 Å². The van der Waals surface area contributed by atoms with E-state index in [2.05, 4.69) is 20.9 Å². The van der Waals surface area contributed by atoms with E-state index in [1.165, 1.54) is 0 Å². The predicted octanol–water partition coefficient (Wildman–Crippen LogP) is 2.41. The second-order valence-corrected chi connectivity index (χ2v) is 3.03. The number of hydrogen-bond donors (Lipinski definition) is 1. The van der Waals surface area contributed by atoms with Gasteiger partial charge in [0.1, 0.15) is 0 Å². The van der Waals surface area contributed by atoms with Crippen LogP contribution in [0.1, 0.15) is 17.7 Å². The smallest absolute Gasteiger partial charge is 0.267 e. The molecule has 6 heteroatoms. The van der Waals surface area contributed by atoms with Gasteiger partial charge in [-0.15, -0.1) is 0 Å². The van der Waals surface area contributed by atoms with Crippen molar-refractivity contribution in [1.82, 2.24) is 4.98 Å². The Kier molecular flexibility index (Phi) is 3.27. The fourth-order valence-electron chi connectivity index (χ4n) is 0.831. The Morgan fingerprint density at radius 3 is 2.62 bits per heavy atom. The second-order valence-electron chi connectivity index (χ2n) is 2.24. The van der Waals surface area contributed by atoms with Gasteiger partial charge in [-0.3, -0.25) is 4.98 Å². The molecule has 13 heavy (non-hydrogen) atoms. The lowest BCUT2D eigenvalue weighted by atomic mass is 10.2. The molecule has 0 fully saturated rings. The van der Waals surface area contributed by atoms with Crippen LogP contribution in [0, 0.1) is 5.82 Å². The van der Waals surface area contributed by atoms with Gasteiger partial charge in [-0.05, 0) is 15.9 Å². The molecule has 1 rings (SSSR count). The summed E-state index contributed by atoms with van der Waals surface area (Å²) < 4.78 is 37.0. The highest BCUT2D eigenvalue weighted by Crippen LogP contribution is 2.31. The summed E-state index contributed by atoms with van der Waals surface area (Å²) in [5.74, 6) is -1.08. The summed E-state index contributed by atoms with van der Waals surface area (Å²) >= 11 is 2.75. The Morgan fingerprint density at radius 2 is 2.15 bits per heavy atom. The van der Waals surface area contributed by atoms with Crippen molar-refractivity contribution in [3.05, 3.63) is 27.7 Å². The van der Waals surface area contributed by atoms with Gasteiger partial charge in [0.05, 0.1) is 28.5 Å². The van der Waals surface area contributed by atoms with E-state index in [-0.39, 0.29) is 10.2 Å². The van der Waals surface area contributed by atoms with Crippen LogP contribution in [0.2, 0.25) is 0 Å². The molecular weight excluding hydrogens is 251 g/mol. The van der Waals surface area contributed by atoms with Gasteiger partial charge in [0.15, 0.2) is 5.82 Å². The molecule has 0 atom stereocenters. The van der Waals surface area contributed by atoms with Crippen LogP contribution in [0.15, 0.2) is 10.7 Å². The summed E-state index contributed by atoms with van der Waals surface area (Å²) in [5, 5.41) is 8.66. The molecule has 0 bridgehead atoms. The zero-order chi connectivity index (χ0) is 10.0. The van der Waals surface area contributed by atoms with Gasteiger partial charge in [-0.2, -0.15) is 0 Å². The largest absolute Gasteiger partial charge is 0.390 e. The quantitative estimate of drug-likeness (QED) is 0.881. The first-order chi connectivity index (χ1) is 6.07. The van der Waals surface area contributed by atoms with E-state index in [1.807, 2.05) is 0 Å². The van der Waals surface area contributed by atoms with Gasteiger partial charge in [0.25, 0.3) is 6.43 Å². The third-order valence-corrected chi connectivity index (χ3v) is 2.33. The standard InChI is InChI=1S/C7H5BrF3NO/c8-6-4(2-13)12-1-3(9)5(6)7(10)11/h1,7,13H,2H2. The maximum absolute atomic E-state index is 12.8. The minimum absolute atomic E-state index is 0.00306. The van der Waals surface area contributed by atoms with Gasteiger partial charge in [-0.1, -0.05) is 0 Å². The van der Waals surface area contributed by atoms with E-state index in [1.54, 1.807) is 0 Å². The van der Waals surface area contributed by atoms with Crippen molar-refractivity contribution in [2.24, 2.45) is 0 Å². The highest BCUT2D eigenvalue weighted by Gasteiger charge is 2.20. The molecule has 1 aromatic heterocycles. The number of aliphatic hydroxyl groups excluding tert-OH is 1. The zero-order valence-corrected chi connectivity index (χ0v) is 7.85. The summed E-state index contributed by atoms with van der Waals surface area (Å²) in [7, 11) is 0. The first-order valence-electron chi connectivity index (χ1n) is 3.29. The molecule has 0 amide bonds. The molecule has 0 radical (unpaired) electrons. The Balaban J connectivity index is 3.30. The van der Waals surface area contributed by atoms with E-state index in [9.17, 15) is 13.2 Å². The Bertz CT molecular complexity index is 319. The van der Waals surface area contributed by atoms with Crippen LogP contribution in [0.25, 0.3) is 0 Å². The van der Waals surface area contributed by atoms with Crippen LogP contribution in [0.4, 0.5) is 13.2 Å². The molecule has 1 N–H and O–H groups in total. The molecule has 0 aliphatic rings. The van der Waals surface area contributed by atoms with Gasteiger partial charge in [0, 0.05) is 0 Å². The number of hydrogen-bond acceptors (Lipinski definition) is 2. The molecule has 0 aromatic carbocycles. The molecule has 2 nitrogen and oxygen atoms in total. The number of nitrogens with zero attached hydrogens (tertiary/aromatic N) is 1. The van der Waals surface area contributed by atoms with Gasteiger partial charge in [0.2, 0.25) is 0 Å². The van der Waals surface area contributed by atoms with Crippen molar-refractivity contribution < 1.29 is 18.3 Å². The fraction of sp³-hybridized carbons (Fsp3) is 0.286. The fourth-order valence-corrected chi connectivity index (χ4v) is 1.42. The topological polar surface area (TPSA) is 33.1 Å². The van der Waals surface area contributed by atoms with Crippen LogP contribution in [-0.4, -0.2) is 10.1 Å². The van der Waals surface area contributed by atoms with Crippen molar-refractivity contribution in [1.29, 1.82) is 0 Å². The predicted molar refractivity (Wildman–Crippen MR) is 42.8 cm³/mol. The lowest BCUT2D eigenvalue weighted by Gasteiger charge is -2.07. The van der Waals surface area contributed by atoms with E-state index >= 15 is 0 Å². The van der Waals surface area contributed by atoms with E-state index < -0.39 is 24.4 Å². The normalized spacial score (nSPS) is 10.9. The van der Waals surface area contributed by atoms with Crippen LogP contribution >= 0.6 is 15.9 Å². The minimum Gasteiger partial charge on any atom is -0.390 e. The third-order valence-electron chi connectivity index (χ3n) is 1.45.